The van der Waals surface area contributed by atoms with E-state index in [-0.39, 0.29) is 15.5 Å². The third-order valence-corrected chi connectivity index (χ3v) is 8.84. The van der Waals surface area contributed by atoms with E-state index in [1.54, 1.807) is 48.3 Å². The summed E-state index contributed by atoms with van der Waals surface area (Å²) in [4.78, 5) is 21.5. The van der Waals surface area contributed by atoms with Crippen LogP contribution in [-0.4, -0.2) is 36.6 Å². The van der Waals surface area contributed by atoms with Gasteiger partial charge in [-0.3, -0.25) is 9.78 Å². The van der Waals surface area contributed by atoms with Gasteiger partial charge in [0.2, 0.25) is 9.84 Å². The average molecular weight is 542 g/mol. The number of aromatic amines is 1. The molecule has 0 bridgehead atoms. The van der Waals surface area contributed by atoms with E-state index in [1.165, 1.54) is 0 Å². The second-order valence-corrected chi connectivity index (χ2v) is 12.2. The van der Waals surface area contributed by atoms with Gasteiger partial charge in [-0.2, -0.15) is 0 Å². The van der Waals surface area contributed by atoms with Gasteiger partial charge in [-0.15, -0.1) is 11.8 Å². The summed E-state index contributed by atoms with van der Waals surface area (Å²) < 4.78 is 27.5. The average Bonchev–Trinajstić information content (AvgIpc) is 3.23. The number of fused-ring (bicyclic) bond motifs is 1. The minimum absolute atomic E-state index is 0.0264. The van der Waals surface area contributed by atoms with Crippen LogP contribution in [-0.2, 0) is 9.84 Å². The number of carbonyl (C=O) groups excluding carboxylic acids is 1. The fraction of sp³-hybridized carbons (Fsp3) is 0.259. The van der Waals surface area contributed by atoms with Gasteiger partial charge in [0.25, 0.3) is 5.91 Å². The normalized spacial score (nSPS) is 11.6. The molecular formula is C27H28ClN3O3S2. The summed E-state index contributed by atoms with van der Waals surface area (Å²) >= 11 is 7.95. The Labute approximate surface area is 220 Å². The van der Waals surface area contributed by atoms with Gasteiger partial charge < -0.3 is 10.3 Å². The summed E-state index contributed by atoms with van der Waals surface area (Å²) in [5.41, 5.74) is 2.23. The number of rotatable bonds is 10. The van der Waals surface area contributed by atoms with Crippen LogP contribution in [0.1, 0.15) is 40.9 Å². The first-order valence-electron chi connectivity index (χ1n) is 11.7. The number of thioether (sulfide) groups is 1. The van der Waals surface area contributed by atoms with Crippen molar-refractivity contribution in [3.63, 3.8) is 0 Å². The number of carbonyl (C=O) groups is 1. The SMILES string of the molecule is Cc1cc(C)cc(S(=O)(=O)c2c(C(=O)NCCCCCSc3cccnc3)[nH]c3ccc(Cl)cc23)c1. The number of amides is 1. The summed E-state index contributed by atoms with van der Waals surface area (Å²) in [6, 6.07) is 14.1. The third-order valence-electron chi connectivity index (χ3n) is 5.72. The van der Waals surface area contributed by atoms with Crippen LogP contribution in [0.15, 0.2) is 75.6 Å². The predicted octanol–water partition coefficient (Wildman–Crippen LogP) is 6.36. The molecule has 2 heterocycles. The number of hydrogen-bond acceptors (Lipinski definition) is 5. The van der Waals surface area contributed by atoms with Crippen LogP contribution in [0.2, 0.25) is 5.02 Å². The number of sulfone groups is 1. The molecule has 2 aromatic carbocycles. The number of nitrogens with zero attached hydrogens (tertiary/aromatic N) is 1. The highest BCUT2D eigenvalue weighted by Gasteiger charge is 2.30. The number of nitrogens with one attached hydrogen (secondary N) is 2. The van der Waals surface area contributed by atoms with E-state index in [9.17, 15) is 13.2 Å². The van der Waals surface area contributed by atoms with Gasteiger partial charge >= 0.3 is 0 Å². The quantitative estimate of drug-likeness (QED) is 0.180. The van der Waals surface area contributed by atoms with Gasteiger partial charge in [-0.05, 0) is 86.0 Å². The van der Waals surface area contributed by atoms with Crippen molar-refractivity contribution in [1.29, 1.82) is 0 Å². The molecule has 0 spiro atoms. The van der Waals surface area contributed by atoms with E-state index < -0.39 is 15.7 Å². The van der Waals surface area contributed by atoms with Crippen LogP contribution in [0, 0.1) is 13.8 Å². The number of aryl methyl sites for hydroxylation is 2. The predicted molar refractivity (Wildman–Crippen MR) is 146 cm³/mol. The summed E-state index contributed by atoms with van der Waals surface area (Å²) in [6.45, 7) is 4.15. The highest BCUT2D eigenvalue weighted by molar-refractivity contribution is 7.99. The highest BCUT2D eigenvalue weighted by atomic mass is 35.5. The van der Waals surface area contributed by atoms with Gasteiger partial charge in [-0.1, -0.05) is 24.1 Å². The van der Waals surface area contributed by atoms with E-state index in [0.717, 1.165) is 41.0 Å². The zero-order chi connectivity index (χ0) is 25.7. The maximum Gasteiger partial charge on any atom is 0.269 e. The Kier molecular flexibility index (Phi) is 8.39. The molecular weight excluding hydrogens is 514 g/mol. The summed E-state index contributed by atoms with van der Waals surface area (Å²) in [5, 5.41) is 3.69. The van der Waals surface area contributed by atoms with Crippen molar-refractivity contribution in [2.24, 2.45) is 0 Å². The molecule has 188 valence electrons. The molecule has 0 saturated heterocycles. The van der Waals surface area contributed by atoms with E-state index in [4.69, 9.17) is 11.6 Å². The molecule has 0 fully saturated rings. The second kappa shape index (κ2) is 11.5. The Hall–Kier alpha value is -2.81. The Morgan fingerprint density at radius 3 is 2.56 bits per heavy atom. The number of benzene rings is 2. The third kappa shape index (κ3) is 6.11. The topological polar surface area (TPSA) is 91.9 Å². The van der Waals surface area contributed by atoms with Crippen molar-refractivity contribution in [2.45, 2.75) is 47.8 Å². The van der Waals surface area contributed by atoms with Crippen molar-refractivity contribution in [3.8, 4) is 0 Å². The molecule has 9 heteroatoms. The highest BCUT2D eigenvalue weighted by Crippen LogP contribution is 2.34. The molecule has 0 aliphatic rings. The van der Waals surface area contributed by atoms with Crippen LogP contribution >= 0.6 is 23.4 Å². The van der Waals surface area contributed by atoms with Gasteiger partial charge in [0.15, 0.2) is 0 Å². The molecule has 6 nitrogen and oxygen atoms in total. The van der Waals surface area contributed by atoms with Gasteiger partial charge in [0, 0.05) is 39.8 Å². The van der Waals surface area contributed by atoms with Crippen molar-refractivity contribution in [3.05, 3.63) is 82.8 Å². The molecule has 36 heavy (non-hydrogen) atoms. The van der Waals surface area contributed by atoms with Crippen molar-refractivity contribution >= 4 is 50.0 Å². The van der Waals surface area contributed by atoms with Crippen LogP contribution in [0.4, 0.5) is 0 Å². The fourth-order valence-corrected chi connectivity index (χ4v) is 6.96. The standard InChI is InChI=1S/C27H28ClN3O3S2/c1-18-13-19(2)15-22(14-18)36(33,34)26-23-16-20(28)8-9-24(23)31-25(26)27(32)30-11-4-3-5-12-35-21-7-6-10-29-17-21/h6-10,13-17,31H,3-5,11-12H2,1-2H3,(H,30,32). The number of halogens is 1. The zero-order valence-corrected chi connectivity index (χ0v) is 22.6. The molecule has 0 unspecified atom stereocenters. The van der Waals surface area contributed by atoms with E-state index in [2.05, 4.69) is 15.3 Å². The molecule has 0 radical (unpaired) electrons. The number of unbranched alkanes of at least 4 members (excludes halogenated alkanes) is 2. The lowest BCUT2D eigenvalue weighted by Crippen LogP contribution is -2.26. The van der Waals surface area contributed by atoms with E-state index in [0.29, 0.717) is 22.5 Å². The Balaban J connectivity index is 1.48. The summed E-state index contributed by atoms with van der Waals surface area (Å²) in [7, 11) is -3.99. The molecule has 1 amide bonds. The first-order valence-corrected chi connectivity index (χ1v) is 14.6. The number of hydrogen-bond donors (Lipinski definition) is 2. The van der Waals surface area contributed by atoms with Gasteiger partial charge in [0.1, 0.15) is 10.6 Å². The molecule has 4 aromatic rings. The van der Waals surface area contributed by atoms with Gasteiger partial charge in [-0.25, -0.2) is 8.42 Å². The number of aromatic nitrogens is 2. The minimum atomic E-state index is -3.99. The maximum absolute atomic E-state index is 13.8. The first kappa shape index (κ1) is 26.3. The van der Waals surface area contributed by atoms with Crippen molar-refractivity contribution in [2.75, 3.05) is 12.3 Å². The molecule has 0 aliphatic heterocycles. The number of pyridine rings is 1. The Morgan fingerprint density at radius 2 is 1.83 bits per heavy atom. The lowest BCUT2D eigenvalue weighted by molar-refractivity contribution is 0.0945. The molecule has 4 rings (SSSR count). The molecule has 2 N–H and O–H groups in total. The maximum atomic E-state index is 13.8. The lowest BCUT2D eigenvalue weighted by Gasteiger charge is -2.10. The zero-order valence-electron chi connectivity index (χ0n) is 20.2. The summed E-state index contributed by atoms with van der Waals surface area (Å²) in [5.74, 6) is 0.524. The second-order valence-electron chi connectivity index (χ2n) is 8.70. The minimum Gasteiger partial charge on any atom is -0.351 e. The number of H-pyrrole nitrogens is 1. The fourth-order valence-electron chi connectivity index (χ4n) is 4.10. The summed E-state index contributed by atoms with van der Waals surface area (Å²) in [6.07, 6.45) is 6.36. The van der Waals surface area contributed by atoms with Crippen LogP contribution in [0.25, 0.3) is 10.9 Å². The first-order chi connectivity index (χ1) is 17.3. The Bertz CT molecular complexity index is 1460. The van der Waals surface area contributed by atoms with E-state index >= 15 is 0 Å². The van der Waals surface area contributed by atoms with Crippen molar-refractivity contribution in [1.82, 2.24) is 15.3 Å². The molecule has 2 aromatic heterocycles. The molecule has 0 aliphatic carbocycles. The molecule has 0 atom stereocenters. The van der Waals surface area contributed by atoms with Crippen LogP contribution < -0.4 is 5.32 Å². The lowest BCUT2D eigenvalue weighted by atomic mass is 10.2. The molecule has 0 saturated carbocycles. The van der Waals surface area contributed by atoms with Crippen LogP contribution in [0.3, 0.4) is 0 Å². The Morgan fingerprint density at radius 1 is 1.06 bits per heavy atom. The van der Waals surface area contributed by atoms with Crippen LogP contribution in [0.5, 0.6) is 0 Å². The largest absolute Gasteiger partial charge is 0.351 e. The monoisotopic (exact) mass is 541 g/mol. The van der Waals surface area contributed by atoms with Crippen molar-refractivity contribution < 1.29 is 13.2 Å². The van der Waals surface area contributed by atoms with Gasteiger partial charge in [0.05, 0.1) is 4.90 Å². The van der Waals surface area contributed by atoms with E-state index in [1.807, 2.05) is 38.2 Å². The smallest absolute Gasteiger partial charge is 0.269 e.